The summed E-state index contributed by atoms with van der Waals surface area (Å²) in [6, 6.07) is -0.452. The van der Waals surface area contributed by atoms with Crippen LogP contribution in [0.15, 0.2) is 0 Å². The number of methoxy groups -OCH3 is 1. The molecule has 0 aliphatic carbocycles. The zero-order chi connectivity index (χ0) is 9.14. The first-order valence-corrected chi connectivity index (χ1v) is 3.94. The van der Waals surface area contributed by atoms with E-state index in [1.165, 1.54) is 7.11 Å². The molecule has 5 heteroatoms. The first-order valence-electron chi connectivity index (χ1n) is 3.94. The minimum Gasteiger partial charge on any atom is -0.395 e. The summed E-state index contributed by atoms with van der Waals surface area (Å²) in [6.07, 6.45) is -2.29. The van der Waals surface area contributed by atoms with E-state index in [2.05, 4.69) is 5.32 Å². The fraction of sp³-hybridized carbons (Fsp3) is 1.00. The van der Waals surface area contributed by atoms with E-state index in [1.807, 2.05) is 0 Å². The van der Waals surface area contributed by atoms with E-state index >= 15 is 0 Å². The topological polar surface area (TPSA) is 82.0 Å². The van der Waals surface area contributed by atoms with Crippen LogP contribution in [0.1, 0.15) is 0 Å². The van der Waals surface area contributed by atoms with Crippen molar-refractivity contribution in [2.24, 2.45) is 0 Å². The van der Waals surface area contributed by atoms with Gasteiger partial charge in [-0.05, 0) is 0 Å². The van der Waals surface area contributed by atoms with Gasteiger partial charge in [-0.25, -0.2) is 0 Å². The summed E-state index contributed by atoms with van der Waals surface area (Å²) < 4.78 is 4.91. The van der Waals surface area contributed by atoms with Crippen molar-refractivity contribution >= 4 is 0 Å². The molecule has 1 aliphatic rings. The Morgan fingerprint density at radius 3 is 2.58 bits per heavy atom. The van der Waals surface area contributed by atoms with Crippen molar-refractivity contribution in [2.75, 3.05) is 20.3 Å². The lowest BCUT2D eigenvalue weighted by molar-refractivity contribution is -0.113. The molecular formula is C7H15NO4. The van der Waals surface area contributed by atoms with Gasteiger partial charge in [-0.2, -0.15) is 0 Å². The maximum Gasteiger partial charge on any atom is 0.109 e. The fourth-order valence-corrected chi connectivity index (χ4v) is 1.36. The molecular weight excluding hydrogens is 162 g/mol. The molecule has 4 N–H and O–H groups in total. The molecule has 0 aromatic rings. The number of ether oxygens (including phenoxy) is 1. The molecule has 0 aromatic heterocycles. The molecule has 5 nitrogen and oxygen atoms in total. The van der Waals surface area contributed by atoms with E-state index in [-0.39, 0.29) is 6.61 Å². The molecule has 72 valence electrons. The Morgan fingerprint density at radius 2 is 2.08 bits per heavy atom. The molecule has 0 bridgehead atoms. The van der Waals surface area contributed by atoms with Gasteiger partial charge in [-0.3, -0.25) is 0 Å². The minimum absolute atomic E-state index is 0.186. The molecule has 1 rings (SSSR count). The first kappa shape index (κ1) is 9.88. The summed E-state index contributed by atoms with van der Waals surface area (Å²) in [6.45, 7) is 0.259. The molecule has 1 fully saturated rings. The number of rotatable bonds is 2. The molecule has 0 radical (unpaired) electrons. The van der Waals surface area contributed by atoms with Gasteiger partial charge >= 0.3 is 0 Å². The Bertz CT molecular complexity index is 127. The quantitative estimate of drug-likeness (QED) is 0.381. The van der Waals surface area contributed by atoms with Gasteiger partial charge in [0, 0.05) is 13.7 Å². The van der Waals surface area contributed by atoms with Crippen molar-refractivity contribution < 1.29 is 20.1 Å². The van der Waals surface area contributed by atoms with Crippen LogP contribution in [0.5, 0.6) is 0 Å². The number of aliphatic hydroxyl groups excluding tert-OH is 3. The van der Waals surface area contributed by atoms with E-state index < -0.39 is 24.4 Å². The number of aliphatic hydroxyl groups is 3. The highest BCUT2D eigenvalue weighted by molar-refractivity contribution is 4.92. The van der Waals surface area contributed by atoms with Gasteiger partial charge in [0.25, 0.3) is 0 Å². The van der Waals surface area contributed by atoms with Crippen LogP contribution in [0.4, 0.5) is 0 Å². The highest BCUT2D eigenvalue weighted by Gasteiger charge is 2.36. The fourth-order valence-electron chi connectivity index (χ4n) is 1.36. The van der Waals surface area contributed by atoms with Crippen molar-refractivity contribution in [3.05, 3.63) is 0 Å². The second-order valence-electron chi connectivity index (χ2n) is 2.95. The summed E-state index contributed by atoms with van der Waals surface area (Å²) in [5, 5.41) is 30.4. The van der Waals surface area contributed by atoms with Crippen molar-refractivity contribution in [2.45, 2.75) is 24.4 Å². The second-order valence-corrected chi connectivity index (χ2v) is 2.95. The van der Waals surface area contributed by atoms with Crippen LogP contribution in [0.2, 0.25) is 0 Å². The summed E-state index contributed by atoms with van der Waals surface area (Å²) >= 11 is 0. The monoisotopic (exact) mass is 177 g/mol. The summed E-state index contributed by atoms with van der Waals surface area (Å²) in [4.78, 5) is 0. The van der Waals surface area contributed by atoms with Crippen LogP contribution in [0.3, 0.4) is 0 Å². The Morgan fingerprint density at radius 1 is 1.42 bits per heavy atom. The van der Waals surface area contributed by atoms with Crippen LogP contribution >= 0.6 is 0 Å². The Balaban J connectivity index is 2.52. The van der Waals surface area contributed by atoms with Crippen LogP contribution in [-0.4, -0.2) is 59.9 Å². The minimum atomic E-state index is -0.964. The smallest absolute Gasteiger partial charge is 0.109 e. The third-order valence-corrected chi connectivity index (χ3v) is 2.22. The van der Waals surface area contributed by atoms with E-state index in [0.29, 0.717) is 6.54 Å². The molecule has 4 atom stereocenters. The van der Waals surface area contributed by atoms with Crippen LogP contribution in [-0.2, 0) is 4.74 Å². The van der Waals surface area contributed by atoms with Gasteiger partial charge in [-0.1, -0.05) is 0 Å². The highest BCUT2D eigenvalue weighted by atomic mass is 16.5. The first-order chi connectivity index (χ1) is 5.70. The normalized spacial score (nSPS) is 43.0. The zero-order valence-electron chi connectivity index (χ0n) is 6.97. The average Bonchev–Trinajstić information content (AvgIpc) is 2.10. The maximum absolute atomic E-state index is 9.41. The standard InChI is InChI=1S/C7H15NO4/c1-12-5-2-8-4(3-9)6(10)7(5)11/h4-11H,2-3H2,1H3/t4?,5?,6-,7?/m0/s1. The van der Waals surface area contributed by atoms with Crippen LogP contribution < -0.4 is 5.32 Å². The Labute approximate surface area is 71.0 Å². The maximum atomic E-state index is 9.41. The predicted molar refractivity (Wildman–Crippen MR) is 41.7 cm³/mol. The molecule has 0 spiro atoms. The van der Waals surface area contributed by atoms with E-state index in [4.69, 9.17) is 9.84 Å². The van der Waals surface area contributed by atoms with E-state index in [1.54, 1.807) is 0 Å². The lowest BCUT2D eigenvalue weighted by Gasteiger charge is -2.36. The molecule has 1 heterocycles. The largest absolute Gasteiger partial charge is 0.395 e. The van der Waals surface area contributed by atoms with Gasteiger partial charge in [0.2, 0.25) is 0 Å². The van der Waals surface area contributed by atoms with Gasteiger partial charge in [-0.15, -0.1) is 0 Å². The van der Waals surface area contributed by atoms with Gasteiger partial charge in [0.1, 0.15) is 6.10 Å². The number of piperidine rings is 1. The van der Waals surface area contributed by atoms with Gasteiger partial charge in [0.05, 0.1) is 24.9 Å². The summed E-state index contributed by atoms with van der Waals surface area (Å²) in [5.74, 6) is 0. The van der Waals surface area contributed by atoms with Gasteiger partial charge < -0.3 is 25.4 Å². The summed E-state index contributed by atoms with van der Waals surface area (Å²) in [7, 11) is 1.47. The van der Waals surface area contributed by atoms with Crippen LogP contribution in [0, 0.1) is 0 Å². The molecule has 3 unspecified atom stereocenters. The lowest BCUT2D eigenvalue weighted by Crippen LogP contribution is -2.61. The molecule has 1 saturated heterocycles. The van der Waals surface area contributed by atoms with Crippen molar-refractivity contribution in [1.29, 1.82) is 0 Å². The van der Waals surface area contributed by atoms with Crippen LogP contribution in [0.25, 0.3) is 0 Å². The third kappa shape index (κ3) is 1.75. The van der Waals surface area contributed by atoms with E-state index in [9.17, 15) is 10.2 Å². The number of hydrogen-bond donors (Lipinski definition) is 4. The van der Waals surface area contributed by atoms with Crippen molar-refractivity contribution in [3.8, 4) is 0 Å². The van der Waals surface area contributed by atoms with Crippen molar-refractivity contribution in [1.82, 2.24) is 5.32 Å². The molecule has 0 amide bonds. The van der Waals surface area contributed by atoms with Crippen molar-refractivity contribution in [3.63, 3.8) is 0 Å². The Kier molecular flexibility index (Phi) is 3.42. The molecule has 0 saturated carbocycles. The lowest BCUT2D eigenvalue weighted by atomic mass is 9.96. The SMILES string of the molecule is COC1CNC(CO)[C@H](O)C1O. The summed E-state index contributed by atoms with van der Waals surface area (Å²) in [5.41, 5.74) is 0. The highest BCUT2D eigenvalue weighted by Crippen LogP contribution is 2.12. The molecule has 1 aliphatic heterocycles. The zero-order valence-corrected chi connectivity index (χ0v) is 6.97. The van der Waals surface area contributed by atoms with Gasteiger partial charge in [0.15, 0.2) is 0 Å². The molecule has 0 aromatic carbocycles. The number of nitrogens with one attached hydrogen (secondary N) is 1. The third-order valence-electron chi connectivity index (χ3n) is 2.22. The number of hydrogen-bond acceptors (Lipinski definition) is 5. The average molecular weight is 177 g/mol. The second kappa shape index (κ2) is 4.15. The van der Waals surface area contributed by atoms with E-state index in [0.717, 1.165) is 0 Å². The predicted octanol–water partition coefficient (Wildman–Crippen LogP) is -2.31. The molecule has 12 heavy (non-hydrogen) atoms. The Hall–Kier alpha value is -0.200.